The molecule has 0 saturated heterocycles. The summed E-state index contributed by atoms with van der Waals surface area (Å²) in [5, 5.41) is 12.1. The van der Waals surface area contributed by atoms with Crippen molar-refractivity contribution in [1.29, 1.82) is 0 Å². The SMILES string of the molecule is CC(C)C1CC(O)(c2cc3cccc(Cl)c3o2)C1. The van der Waals surface area contributed by atoms with Gasteiger partial charge >= 0.3 is 0 Å². The predicted molar refractivity (Wildman–Crippen MR) is 72.7 cm³/mol. The fourth-order valence-electron chi connectivity index (χ4n) is 2.74. The second-order valence-electron chi connectivity index (χ2n) is 5.71. The number of benzene rings is 1. The molecule has 1 N–H and O–H groups in total. The minimum atomic E-state index is -0.794. The van der Waals surface area contributed by atoms with E-state index in [1.54, 1.807) is 6.07 Å². The van der Waals surface area contributed by atoms with Crippen molar-refractivity contribution in [2.75, 3.05) is 0 Å². The van der Waals surface area contributed by atoms with Crippen molar-refractivity contribution in [1.82, 2.24) is 0 Å². The van der Waals surface area contributed by atoms with Crippen molar-refractivity contribution in [3.8, 4) is 0 Å². The minimum absolute atomic E-state index is 0.582. The van der Waals surface area contributed by atoms with Gasteiger partial charge in [-0.1, -0.05) is 37.6 Å². The lowest BCUT2D eigenvalue weighted by atomic mass is 9.65. The van der Waals surface area contributed by atoms with Gasteiger partial charge in [0.2, 0.25) is 0 Å². The summed E-state index contributed by atoms with van der Waals surface area (Å²) in [6, 6.07) is 7.57. The molecule has 2 aromatic rings. The van der Waals surface area contributed by atoms with Crippen LogP contribution < -0.4 is 0 Å². The first-order valence-electron chi connectivity index (χ1n) is 6.40. The molecule has 0 aliphatic heterocycles. The number of hydrogen-bond donors (Lipinski definition) is 1. The lowest BCUT2D eigenvalue weighted by Gasteiger charge is -2.44. The van der Waals surface area contributed by atoms with Crippen LogP contribution in [0.3, 0.4) is 0 Å². The normalized spacial score (nSPS) is 27.7. The third kappa shape index (κ3) is 1.75. The number of aliphatic hydroxyl groups is 1. The average Bonchev–Trinajstić information content (AvgIpc) is 2.70. The first-order valence-corrected chi connectivity index (χ1v) is 6.78. The standard InChI is InChI=1S/C15H17ClO2/c1-9(2)11-7-15(17,8-11)13-6-10-4-3-5-12(16)14(10)18-13/h3-6,9,11,17H,7-8H2,1-2H3. The highest BCUT2D eigenvalue weighted by atomic mass is 35.5. The fraction of sp³-hybridized carbons (Fsp3) is 0.467. The molecule has 1 heterocycles. The largest absolute Gasteiger partial charge is 0.456 e. The van der Waals surface area contributed by atoms with Gasteiger partial charge in [-0.05, 0) is 36.8 Å². The molecule has 0 radical (unpaired) electrons. The topological polar surface area (TPSA) is 33.4 Å². The molecule has 3 rings (SSSR count). The zero-order valence-electron chi connectivity index (χ0n) is 10.6. The number of rotatable bonds is 2. The van der Waals surface area contributed by atoms with Crippen LogP contribution in [0.2, 0.25) is 5.02 Å². The Morgan fingerprint density at radius 2 is 2.11 bits per heavy atom. The van der Waals surface area contributed by atoms with Crippen LogP contribution in [0.4, 0.5) is 0 Å². The van der Waals surface area contributed by atoms with Crippen LogP contribution in [0.1, 0.15) is 32.4 Å². The molecule has 3 heteroatoms. The third-order valence-electron chi connectivity index (χ3n) is 4.10. The molecule has 1 fully saturated rings. The molecule has 1 aromatic carbocycles. The van der Waals surface area contributed by atoms with Crippen molar-refractivity contribution in [2.45, 2.75) is 32.3 Å². The Bertz CT molecular complexity index is 579. The molecule has 0 bridgehead atoms. The summed E-state index contributed by atoms with van der Waals surface area (Å²) in [4.78, 5) is 0. The van der Waals surface area contributed by atoms with Crippen LogP contribution in [-0.4, -0.2) is 5.11 Å². The molecule has 0 atom stereocenters. The van der Waals surface area contributed by atoms with Crippen LogP contribution in [0, 0.1) is 11.8 Å². The van der Waals surface area contributed by atoms with E-state index >= 15 is 0 Å². The highest BCUT2D eigenvalue weighted by Crippen LogP contribution is 2.50. The monoisotopic (exact) mass is 264 g/mol. The van der Waals surface area contributed by atoms with Crippen molar-refractivity contribution < 1.29 is 9.52 Å². The van der Waals surface area contributed by atoms with Gasteiger partial charge in [-0.15, -0.1) is 0 Å². The number of furan rings is 1. The zero-order chi connectivity index (χ0) is 12.9. The molecule has 1 aromatic heterocycles. The highest BCUT2D eigenvalue weighted by Gasteiger charge is 2.47. The van der Waals surface area contributed by atoms with Gasteiger partial charge in [0, 0.05) is 5.39 Å². The van der Waals surface area contributed by atoms with E-state index in [1.165, 1.54) is 0 Å². The summed E-state index contributed by atoms with van der Waals surface area (Å²) in [5.74, 6) is 1.85. The molecule has 1 saturated carbocycles. The number of para-hydroxylation sites is 1. The van der Waals surface area contributed by atoms with Crippen LogP contribution in [0.25, 0.3) is 11.0 Å². The van der Waals surface area contributed by atoms with Crippen molar-refractivity contribution in [3.63, 3.8) is 0 Å². The van der Waals surface area contributed by atoms with Crippen molar-refractivity contribution in [3.05, 3.63) is 35.0 Å². The van der Waals surface area contributed by atoms with E-state index in [2.05, 4.69) is 13.8 Å². The van der Waals surface area contributed by atoms with E-state index < -0.39 is 5.60 Å². The van der Waals surface area contributed by atoms with E-state index in [9.17, 15) is 5.11 Å². The molecular formula is C15H17ClO2. The Balaban J connectivity index is 1.94. The Morgan fingerprint density at radius 1 is 1.39 bits per heavy atom. The van der Waals surface area contributed by atoms with Gasteiger partial charge in [0.1, 0.15) is 11.4 Å². The first-order chi connectivity index (χ1) is 8.49. The maximum absolute atomic E-state index is 10.6. The quantitative estimate of drug-likeness (QED) is 0.875. The maximum atomic E-state index is 10.6. The smallest absolute Gasteiger partial charge is 0.153 e. The van der Waals surface area contributed by atoms with Gasteiger partial charge < -0.3 is 9.52 Å². The number of halogens is 1. The molecule has 0 spiro atoms. The summed E-state index contributed by atoms with van der Waals surface area (Å²) in [6.45, 7) is 4.39. The average molecular weight is 265 g/mol. The Hall–Kier alpha value is -0.990. The van der Waals surface area contributed by atoms with Gasteiger partial charge in [-0.25, -0.2) is 0 Å². The molecular weight excluding hydrogens is 248 g/mol. The summed E-state index contributed by atoms with van der Waals surface area (Å²) < 4.78 is 5.75. The fourth-order valence-corrected chi connectivity index (χ4v) is 2.96. The van der Waals surface area contributed by atoms with Gasteiger partial charge in [0.15, 0.2) is 5.58 Å². The van der Waals surface area contributed by atoms with Crippen molar-refractivity contribution in [2.24, 2.45) is 11.8 Å². The van der Waals surface area contributed by atoms with Gasteiger partial charge in [0.25, 0.3) is 0 Å². The first kappa shape index (κ1) is 12.1. The minimum Gasteiger partial charge on any atom is -0.456 e. The Labute approximate surface area is 112 Å². The van der Waals surface area contributed by atoms with Crippen LogP contribution in [-0.2, 0) is 5.60 Å². The zero-order valence-corrected chi connectivity index (χ0v) is 11.4. The predicted octanol–water partition coefficient (Wildman–Crippen LogP) is 4.34. The van der Waals surface area contributed by atoms with Crippen molar-refractivity contribution >= 4 is 22.6 Å². The second-order valence-corrected chi connectivity index (χ2v) is 6.12. The molecule has 1 aliphatic rings. The number of hydrogen-bond acceptors (Lipinski definition) is 2. The molecule has 2 nitrogen and oxygen atoms in total. The summed E-state index contributed by atoms with van der Waals surface area (Å²) in [6.07, 6.45) is 1.56. The summed E-state index contributed by atoms with van der Waals surface area (Å²) in [7, 11) is 0. The maximum Gasteiger partial charge on any atom is 0.153 e. The van der Waals surface area contributed by atoms with Crippen LogP contribution in [0.15, 0.2) is 28.7 Å². The molecule has 96 valence electrons. The lowest BCUT2D eigenvalue weighted by Crippen LogP contribution is -2.42. The van der Waals surface area contributed by atoms with Crippen LogP contribution >= 0.6 is 11.6 Å². The summed E-state index contributed by atoms with van der Waals surface area (Å²) >= 11 is 6.09. The van der Waals surface area contributed by atoms with Crippen LogP contribution in [0.5, 0.6) is 0 Å². The molecule has 0 unspecified atom stereocenters. The Morgan fingerprint density at radius 3 is 2.72 bits per heavy atom. The number of fused-ring (bicyclic) bond motifs is 1. The Kier molecular flexibility index (Phi) is 2.68. The van der Waals surface area contributed by atoms with E-state index in [0.717, 1.165) is 18.2 Å². The van der Waals surface area contributed by atoms with Gasteiger partial charge in [-0.3, -0.25) is 0 Å². The lowest BCUT2D eigenvalue weighted by molar-refractivity contribution is -0.107. The van der Waals surface area contributed by atoms with E-state index in [4.69, 9.17) is 16.0 Å². The van der Waals surface area contributed by atoms with Gasteiger partial charge in [-0.2, -0.15) is 0 Å². The van der Waals surface area contributed by atoms with E-state index in [1.807, 2.05) is 18.2 Å². The molecule has 1 aliphatic carbocycles. The second kappa shape index (κ2) is 4.01. The molecule has 18 heavy (non-hydrogen) atoms. The third-order valence-corrected chi connectivity index (χ3v) is 4.39. The van der Waals surface area contributed by atoms with E-state index in [-0.39, 0.29) is 0 Å². The van der Waals surface area contributed by atoms with Gasteiger partial charge in [0.05, 0.1) is 5.02 Å². The molecule has 0 amide bonds. The van der Waals surface area contributed by atoms with E-state index in [0.29, 0.717) is 28.2 Å². The summed E-state index contributed by atoms with van der Waals surface area (Å²) in [5.41, 5.74) is -0.118. The highest BCUT2D eigenvalue weighted by molar-refractivity contribution is 6.34.